The standard InChI is InChI=1S/C24H21ClF2N2O5/c1-23(2,3)34-20(31)12-28-18-5-4-14(25)8-17(18)24(21(28)32)10-19(30)29(22(24)33)11-13-6-15(26)9-16(27)7-13/h4-9H,10-12H2,1-3H3. The van der Waals surface area contributed by atoms with Gasteiger partial charge in [0.1, 0.15) is 23.8 Å². The van der Waals surface area contributed by atoms with E-state index in [0.717, 1.165) is 21.9 Å². The van der Waals surface area contributed by atoms with Gasteiger partial charge in [-0.05, 0) is 56.7 Å². The molecule has 0 aliphatic carbocycles. The van der Waals surface area contributed by atoms with Crippen LogP contribution in [0, 0.1) is 11.6 Å². The molecule has 1 unspecified atom stereocenters. The Hall–Kier alpha value is -3.33. The van der Waals surface area contributed by atoms with Gasteiger partial charge in [-0.3, -0.25) is 29.0 Å². The molecule has 2 aromatic carbocycles. The minimum absolute atomic E-state index is 0.0543. The first-order chi connectivity index (χ1) is 15.8. The normalized spacial score (nSPS) is 19.9. The smallest absolute Gasteiger partial charge is 0.326 e. The summed E-state index contributed by atoms with van der Waals surface area (Å²) in [5.41, 5.74) is -2.21. The van der Waals surface area contributed by atoms with E-state index in [1.165, 1.54) is 18.2 Å². The van der Waals surface area contributed by atoms with Crippen LogP contribution in [0.25, 0.3) is 0 Å². The maximum absolute atomic E-state index is 13.6. The summed E-state index contributed by atoms with van der Waals surface area (Å²) in [7, 11) is 0. The number of hydrogen-bond acceptors (Lipinski definition) is 5. The summed E-state index contributed by atoms with van der Waals surface area (Å²) < 4.78 is 32.6. The highest BCUT2D eigenvalue weighted by Gasteiger charge is 2.64. The quantitative estimate of drug-likeness (QED) is 0.372. The van der Waals surface area contributed by atoms with Crippen molar-refractivity contribution in [2.75, 3.05) is 11.4 Å². The zero-order valence-electron chi connectivity index (χ0n) is 18.7. The number of nitrogens with zero attached hydrogens (tertiary/aromatic N) is 2. The van der Waals surface area contributed by atoms with Crippen molar-refractivity contribution < 1.29 is 32.7 Å². The van der Waals surface area contributed by atoms with Crippen LogP contribution in [0.5, 0.6) is 0 Å². The zero-order chi connectivity index (χ0) is 25.0. The van der Waals surface area contributed by atoms with Gasteiger partial charge in [0.15, 0.2) is 5.41 Å². The van der Waals surface area contributed by atoms with Gasteiger partial charge >= 0.3 is 5.97 Å². The van der Waals surface area contributed by atoms with Crippen LogP contribution < -0.4 is 4.90 Å². The summed E-state index contributed by atoms with van der Waals surface area (Å²) in [6.45, 7) is 4.15. The molecule has 178 valence electrons. The lowest BCUT2D eigenvalue weighted by Gasteiger charge is -2.24. The van der Waals surface area contributed by atoms with E-state index in [1.807, 2.05) is 0 Å². The fraction of sp³-hybridized carbons (Fsp3) is 0.333. The summed E-state index contributed by atoms with van der Waals surface area (Å²) in [5, 5.41) is 0.232. The number of carbonyl (C=O) groups excluding carboxylic acids is 4. The molecular weight excluding hydrogens is 470 g/mol. The number of halogens is 3. The Morgan fingerprint density at radius 1 is 1.03 bits per heavy atom. The van der Waals surface area contributed by atoms with E-state index < -0.39 is 65.9 Å². The minimum Gasteiger partial charge on any atom is -0.459 e. The molecule has 0 aromatic heterocycles. The molecule has 2 heterocycles. The van der Waals surface area contributed by atoms with E-state index in [9.17, 15) is 28.0 Å². The van der Waals surface area contributed by atoms with E-state index in [1.54, 1.807) is 20.8 Å². The Balaban J connectivity index is 1.72. The summed E-state index contributed by atoms with van der Waals surface area (Å²) >= 11 is 6.14. The average Bonchev–Trinajstić information content (AvgIpc) is 3.07. The van der Waals surface area contributed by atoms with Crippen LogP contribution >= 0.6 is 11.6 Å². The molecular formula is C24H21ClF2N2O5. The van der Waals surface area contributed by atoms with Gasteiger partial charge in [-0.1, -0.05) is 11.6 Å². The van der Waals surface area contributed by atoms with Gasteiger partial charge in [-0.2, -0.15) is 0 Å². The number of carbonyl (C=O) groups is 4. The average molecular weight is 491 g/mol. The van der Waals surface area contributed by atoms with Gasteiger partial charge < -0.3 is 4.74 Å². The van der Waals surface area contributed by atoms with Crippen molar-refractivity contribution >= 4 is 41.0 Å². The summed E-state index contributed by atoms with van der Waals surface area (Å²) in [4.78, 5) is 54.5. The number of amides is 3. The largest absolute Gasteiger partial charge is 0.459 e. The summed E-state index contributed by atoms with van der Waals surface area (Å²) in [5.74, 6) is -4.71. The molecule has 2 aliphatic rings. The maximum atomic E-state index is 13.6. The third-order valence-corrected chi connectivity index (χ3v) is 5.85. The highest BCUT2D eigenvalue weighted by molar-refractivity contribution is 6.32. The van der Waals surface area contributed by atoms with Gasteiger partial charge in [0.2, 0.25) is 17.7 Å². The Morgan fingerprint density at radius 2 is 1.65 bits per heavy atom. The lowest BCUT2D eigenvalue weighted by atomic mass is 9.80. The van der Waals surface area contributed by atoms with E-state index in [4.69, 9.17) is 16.3 Å². The SMILES string of the molecule is CC(C)(C)OC(=O)CN1C(=O)C2(CC(=O)N(Cc3cc(F)cc(F)c3)C2=O)c2cc(Cl)ccc21. The number of anilines is 1. The first kappa shape index (κ1) is 23.8. The Morgan fingerprint density at radius 3 is 2.26 bits per heavy atom. The van der Waals surface area contributed by atoms with Crippen LogP contribution in [0.2, 0.25) is 5.02 Å². The van der Waals surface area contributed by atoms with E-state index in [-0.39, 0.29) is 21.8 Å². The first-order valence-corrected chi connectivity index (χ1v) is 10.8. The van der Waals surface area contributed by atoms with Gasteiger partial charge in [0.25, 0.3) is 0 Å². The molecule has 0 saturated carbocycles. The van der Waals surface area contributed by atoms with E-state index >= 15 is 0 Å². The van der Waals surface area contributed by atoms with Gasteiger partial charge in [0.05, 0.1) is 13.0 Å². The molecule has 1 spiro atoms. The number of benzene rings is 2. The minimum atomic E-state index is -1.93. The number of esters is 1. The monoisotopic (exact) mass is 490 g/mol. The molecule has 1 saturated heterocycles. The van der Waals surface area contributed by atoms with Crippen molar-refractivity contribution in [3.05, 3.63) is 64.2 Å². The lowest BCUT2D eigenvalue weighted by Crippen LogP contribution is -2.48. The van der Waals surface area contributed by atoms with Crippen molar-refractivity contribution in [2.24, 2.45) is 0 Å². The van der Waals surface area contributed by atoms with Crippen molar-refractivity contribution in [1.29, 1.82) is 0 Å². The molecule has 1 atom stereocenters. The van der Waals surface area contributed by atoms with Crippen molar-refractivity contribution in [3.8, 4) is 0 Å². The fourth-order valence-corrected chi connectivity index (χ4v) is 4.54. The number of likely N-dealkylation sites (tertiary alicyclic amines) is 1. The molecule has 1 fully saturated rings. The van der Waals surface area contributed by atoms with Crippen LogP contribution in [0.4, 0.5) is 14.5 Å². The first-order valence-electron chi connectivity index (χ1n) is 10.5. The number of imide groups is 1. The highest BCUT2D eigenvalue weighted by atomic mass is 35.5. The molecule has 2 aromatic rings. The third kappa shape index (κ3) is 4.04. The maximum Gasteiger partial charge on any atom is 0.326 e. The Kier molecular flexibility index (Phi) is 5.72. The predicted octanol–water partition coefficient (Wildman–Crippen LogP) is 3.50. The molecule has 4 rings (SSSR count). The molecule has 0 N–H and O–H groups in total. The fourth-order valence-electron chi connectivity index (χ4n) is 4.36. The Bertz CT molecular complexity index is 1220. The molecule has 7 nitrogen and oxygen atoms in total. The summed E-state index contributed by atoms with van der Waals surface area (Å²) in [6, 6.07) is 7.10. The van der Waals surface area contributed by atoms with Crippen LogP contribution in [0.15, 0.2) is 36.4 Å². The lowest BCUT2D eigenvalue weighted by molar-refractivity contribution is -0.154. The molecule has 10 heteroatoms. The van der Waals surface area contributed by atoms with Crippen LogP contribution in [-0.4, -0.2) is 40.7 Å². The molecule has 2 aliphatic heterocycles. The van der Waals surface area contributed by atoms with Crippen LogP contribution in [0.3, 0.4) is 0 Å². The van der Waals surface area contributed by atoms with E-state index in [2.05, 4.69) is 0 Å². The van der Waals surface area contributed by atoms with Crippen molar-refractivity contribution in [3.63, 3.8) is 0 Å². The molecule has 0 bridgehead atoms. The van der Waals surface area contributed by atoms with Crippen molar-refractivity contribution in [1.82, 2.24) is 4.90 Å². The van der Waals surface area contributed by atoms with Crippen LogP contribution in [-0.2, 0) is 35.9 Å². The van der Waals surface area contributed by atoms with Gasteiger partial charge in [0, 0.05) is 22.3 Å². The van der Waals surface area contributed by atoms with Crippen molar-refractivity contribution in [2.45, 2.75) is 44.8 Å². The van der Waals surface area contributed by atoms with Gasteiger partial charge in [-0.15, -0.1) is 0 Å². The molecule has 3 amide bonds. The summed E-state index contributed by atoms with van der Waals surface area (Å²) in [6.07, 6.45) is -0.499. The zero-order valence-corrected chi connectivity index (χ0v) is 19.4. The molecule has 34 heavy (non-hydrogen) atoms. The second-order valence-corrected chi connectivity index (χ2v) is 9.72. The second kappa shape index (κ2) is 8.16. The Labute approximate surface area is 199 Å². The number of hydrogen-bond donors (Lipinski definition) is 0. The topological polar surface area (TPSA) is 84.0 Å². The van der Waals surface area contributed by atoms with Crippen LogP contribution in [0.1, 0.15) is 38.3 Å². The number of ether oxygens (including phenoxy) is 1. The molecule has 0 radical (unpaired) electrons. The highest BCUT2D eigenvalue weighted by Crippen LogP contribution is 2.49. The number of rotatable bonds is 4. The predicted molar refractivity (Wildman–Crippen MR) is 118 cm³/mol. The number of fused-ring (bicyclic) bond motifs is 2. The van der Waals surface area contributed by atoms with E-state index in [0.29, 0.717) is 6.07 Å². The third-order valence-electron chi connectivity index (χ3n) is 5.62. The second-order valence-electron chi connectivity index (χ2n) is 9.28. The van der Waals surface area contributed by atoms with Gasteiger partial charge in [-0.25, -0.2) is 8.78 Å².